The van der Waals surface area contributed by atoms with Crippen LogP contribution >= 0.6 is 0 Å². The van der Waals surface area contributed by atoms with E-state index in [1.165, 1.54) is 5.57 Å². The Morgan fingerprint density at radius 1 is 1.26 bits per heavy atom. The van der Waals surface area contributed by atoms with Gasteiger partial charge in [-0.05, 0) is 37.7 Å². The van der Waals surface area contributed by atoms with Crippen LogP contribution in [0.4, 0.5) is 0 Å². The van der Waals surface area contributed by atoms with Crippen molar-refractivity contribution in [1.82, 2.24) is 0 Å². The van der Waals surface area contributed by atoms with E-state index in [9.17, 15) is 9.90 Å². The minimum Gasteiger partial charge on any atom is -0.502 e. The third-order valence-corrected chi connectivity index (χ3v) is 9.01. The average Bonchev–Trinajstić information content (AvgIpc) is 3.31. The summed E-state index contributed by atoms with van der Waals surface area (Å²) in [7, 11) is 0. The van der Waals surface area contributed by atoms with Crippen molar-refractivity contribution in [1.29, 1.82) is 0 Å². The maximum absolute atomic E-state index is 13.3. The molecule has 5 rings (SSSR count). The summed E-state index contributed by atoms with van der Waals surface area (Å²) in [5, 5.41) is 12.3. The number of hydrogen-bond acceptors (Lipinski definition) is 6. The van der Waals surface area contributed by atoms with Crippen molar-refractivity contribution in [3.63, 3.8) is 0 Å². The molecular weight excluding hydrogens is 396 g/mol. The first-order chi connectivity index (χ1) is 14.8. The molecule has 6 nitrogen and oxygen atoms in total. The predicted octanol–water partition coefficient (Wildman–Crippen LogP) is 3.88. The van der Waals surface area contributed by atoms with Gasteiger partial charge in [-0.3, -0.25) is 4.79 Å². The molecule has 0 aromatic heterocycles. The fourth-order valence-corrected chi connectivity index (χ4v) is 7.57. The molecule has 3 aliphatic carbocycles. The average molecular weight is 433 g/mol. The molecule has 1 spiro atoms. The number of rotatable bonds is 5. The Balaban J connectivity index is 1.57. The smallest absolute Gasteiger partial charge is 0.315 e. The molecule has 6 heteroatoms. The zero-order valence-electron chi connectivity index (χ0n) is 19.0. The molecule has 1 N–H and O–H groups in total. The Morgan fingerprint density at radius 3 is 2.74 bits per heavy atom. The minimum atomic E-state index is -1.28. The number of esters is 1. The fourth-order valence-electron chi connectivity index (χ4n) is 7.57. The van der Waals surface area contributed by atoms with Crippen LogP contribution in [-0.4, -0.2) is 48.4 Å². The van der Waals surface area contributed by atoms with Gasteiger partial charge in [-0.2, -0.15) is 0 Å². The SMILES string of the molecule is CCC[C@]12C[C@H](OC1=O)[C@H]1[C@@H](CC=C3CC4(CC[C@@]31C)OCCO4)[C@@]2(O)/C=C/OCC. The van der Waals surface area contributed by atoms with Crippen LogP contribution in [0.1, 0.15) is 65.7 Å². The molecule has 0 unspecified atom stereocenters. The standard InChI is InChI=1S/C25H36O6/c1-4-8-23-16-19(31-21(23)26)20-18(25(23,27)11-12-28-5-2)7-6-17-15-24(29-13-14-30-24)10-9-22(17,20)3/h6,11-12,18-20,27H,4-5,7-10,13-16H2,1-3H3/b12-11+/t18-,19+,20-,22+,23+,25+/m1/s1. The third-order valence-electron chi connectivity index (χ3n) is 9.01. The second-order valence-electron chi connectivity index (χ2n) is 10.4. The lowest BCUT2D eigenvalue weighted by Crippen LogP contribution is -2.64. The normalized spacial score (nSPS) is 45.4. The quantitative estimate of drug-likeness (QED) is 0.404. The van der Waals surface area contributed by atoms with E-state index in [0.717, 1.165) is 32.1 Å². The van der Waals surface area contributed by atoms with Gasteiger partial charge in [0.1, 0.15) is 17.1 Å². The molecule has 6 atom stereocenters. The summed E-state index contributed by atoms with van der Waals surface area (Å²) >= 11 is 0. The van der Waals surface area contributed by atoms with E-state index < -0.39 is 16.8 Å². The maximum Gasteiger partial charge on any atom is 0.315 e. The molecule has 5 aliphatic rings. The van der Waals surface area contributed by atoms with Crippen LogP contribution in [0.3, 0.4) is 0 Å². The van der Waals surface area contributed by atoms with Gasteiger partial charge in [-0.15, -0.1) is 0 Å². The van der Waals surface area contributed by atoms with Crippen molar-refractivity contribution in [3.8, 4) is 0 Å². The van der Waals surface area contributed by atoms with Crippen LogP contribution in [-0.2, 0) is 23.7 Å². The highest BCUT2D eigenvalue weighted by Crippen LogP contribution is 2.68. The molecule has 4 fully saturated rings. The van der Waals surface area contributed by atoms with Gasteiger partial charge in [0.25, 0.3) is 0 Å². The highest BCUT2D eigenvalue weighted by molar-refractivity contribution is 5.82. The van der Waals surface area contributed by atoms with Gasteiger partial charge in [-0.1, -0.05) is 31.9 Å². The zero-order valence-corrected chi connectivity index (χ0v) is 19.0. The van der Waals surface area contributed by atoms with E-state index in [0.29, 0.717) is 32.7 Å². The van der Waals surface area contributed by atoms with Crippen LogP contribution in [0.5, 0.6) is 0 Å². The van der Waals surface area contributed by atoms with E-state index in [1.54, 1.807) is 12.3 Å². The number of ether oxygens (including phenoxy) is 4. The number of fused-ring (bicyclic) bond motifs is 6. The first-order valence-electron chi connectivity index (χ1n) is 12.0. The molecule has 2 bridgehead atoms. The second kappa shape index (κ2) is 7.32. The van der Waals surface area contributed by atoms with E-state index in [4.69, 9.17) is 18.9 Å². The molecule has 0 aromatic carbocycles. The van der Waals surface area contributed by atoms with Crippen molar-refractivity contribution in [2.24, 2.45) is 22.7 Å². The van der Waals surface area contributed by atoms with Gasteiger partial charge in [0.05, 0.1) is 26.1 Å². The zero-order chi connectivity index (χ0) is 21.9. The Labute approximate surface area is 184 Å². The van der Waals surface area contributed by atoms with E-state index in [1.807, 2.05) is 6.92 Å². The molecule has 31 heavy (non-hydrogen) atoms. The van der Waals surface area contributed by atoms with E-state index >= 15 is 0 Å². The van der Waals surface area contributed by atoms with Crippen LogP contribution in [0.15, 0.2) is 24.0 Å². The summed E-state index contributed by atoms with van der Waals surface area (Å²) in [6.07, 6.45) is 10.7. The Hall–Kier alpha value is -1.37. The van der Waals surface area contributed by atoms with E-state index in [-0.39, 0.29) is 29.3 Å². The monoisotopic (exact) mass is 432 g/mol. The van der Waals surface area contributed by atoms with E-state index in [2.05, 4.69) is 19.9 Å². The van der Waals surface area contributed by atoms with Crippen LogP contribution < -0.4 is 0 Å². The van der Waals surface area contributed by atoms with Crippen molar-refractivity contribution in [2.75, 3.05) is 19.8 Å². The summed E-state index contributed by atoms with van der Waals surface area (Å²) in [5.41, 5.74) is -0.988. The predicted molar refractivity (Wildman–Crippen MR) is 114 cm³/mol. The Morgan fingerprint density at radius 2 is 2.03 bits per heavy atom. The molecule has 2 saturated heterocycles. The van der Waals surface area contributed by atoms with Gasteiger partial charge in [0.15, 0.2) is 5.79 Å². The Kier molecular flexibility index (Phi) is 5.07. The van der Waals surface area contributed by atoms with Gasteiger partial charge in [-0.25, -0.2) is 0 Å². The minimum absolute atomic E-state index is 0.0685. The van der Waals surface area contributed by atoms with Gasteiger partial charge >= 0.3 is 5.97 Å². The fraction of sp³-hybridized carbons (Fsp3) is 0.800. The lowest BCUT2D eigenvalue weighted by atomic mass is 9.45. The number of carbonyl (C=O) groups excluding carboxylic acids is 1. The van der Waals surface area contributed by atoms with Gasteiger partial charge in [0, 0.05) is 31.1 Å². The number of aliphatic hydroxyl groups is 1. The molecule has 2 saturated carbocycles. The summed E-state index contributed by atoms with van der Waals surface area (Å²) in [4.78, 5) is 13.3. The maximum atomic E-state index is 13.3. The molecule has 172 valence electrons. The lowest BCUT2D eigenvalue weighted by molar-refractivity contribution is -0.197. The molecule has 0 radical (unpaired) electrons. The summed E-state index contributed by atoms with van der Waals surface area (Å²) in [6, 6.07) is 0. The third kappa shape index (κ3) is 2.83. The number of hydrogen-bond donors (Lipinski definition) is 1. The first-order valence-corrected chi connectivity index (χ1v) is 12.0. The van der Waals surface area contributed by atoms with Crippen LogP contribution in [0.2, 0.25) is 0 Å². The highest BCUT2D eigenvalue weighted by Gasteiger charge is 2.73. The van der Waals surface area contributed by atoms with Crippen LogP contribution in [0, 0.1) is 22.7 Å². The van der Waals surface area contributed by atoms with Crippen molar-refractivity contribution in [3.05, 3.63) is 24.0 Å². The van der Waals surface area contributed by atoms with Crippen molar-refractivity contribution < 1.29 is 28.8 Å². The first kappa shape index (κ1) is 21.5. The van der Waals surface area contributed by atoms with Crippen LogP contribution in [0.25, 0.3) is 0 Å². The lowest BCUT2D eigenvalue weighted by Gasteiger charge is -2.60. The molecule has 2 aliphatic heterocycles. The molecule has 2 heterocycles. The topological polar surface area (TPSA) is 74.2 Å². The van der Waals surface area contributed by atoms with Gasteiger partial charge < -0.3 is 24.1 Å². The molecular formula is C25H36O6. The highest BCUT2D eigenvalue weighted by atomic mass is 16.7. The number of carbonyl (C=O) groups is 1. The Bertz CT molecular complexity index is 798. The number of allylic oxidation sites excluding steroid dienone is 1. The van der Waals surface area contributed by atoms with Gasteiger partial charge in [0.2, 0.25) is 0 Å². The molecule has 0 aromatic rings. The molecule has 0 amide bonds. The van der Waals surface area contributed by atoms with Crippen molar-refractivity contribution >= 4 is 5.97 Å². The largest absolute Gasteiger partial charge is 0.502 e. The summed E-state index contributed by atoms with van der Waals surface area (Å²) < 4.78 is 23.6. The summed E-state index contributed by atoms with van der Waals surface area (Å²) in [5.74, 6) is -0.749. The summed E-state index contributed by atoms with van der Waals surface area (Å²) in [6.45, 7) is 8.11. The second-order valence-corrected chi connectivity index (χ2v) is 10.4. The van der Waals surface area contributed by atoms with Crippen molar-refractivity contribution in [2.45, 2.75) is 83.2 Å².